The van der Waals surface area contributed by atoms with E-state index >= 15 is 0 Å². The van der Waals surface area contributed by atoms with Crippen molar-refractivity contribution in [3.05, 3.63) is 174 Å². The molecule has 51 heavy (non-hydrogen) atoms. The van der Waals surface area contributed by atoms with Crippen LogP contribution in [0.5, 0.6) is 0 Å². The van der Waals surface area contributed by atoms with Crippen LogP contribution in [0.1, 0.15) is 16.7 Å². The monoisotopic (exact) mass is 646 g/mol. The molecule has 8 aromatic carbocycles. The van der Waals surface area contributed by atoms with Crippen molar-refractivity contribution in [1.29, 1.82) is 15.8 Å². The largest absolute Gasteiger partial charge is 0.307 e. The average Bonchev–Trinajstić information content (AvgIpc) is 3.52. The lowest BCUT2D eigenvalue weighted by molar-refractivity contribution is 1.17. The van der Waals surface area contributed by atoms with Gasteiger partial charge >= 0.3 is 0 Å². The third-order valence-electron chi connectivity index (χ3n) is 9.84. The second kappa shape index (κ2) is 11.9. The number of hydrogen-bond acceptors (Lipinski definition) is 3. The molecule has 0 amide bonds. The summed E-state index contributed by atoms with van der Waals surface area (Å²) in [4.78, 5) is 0. The van der Waals surface area contributed by atoms with Crippen molar-refractivity contribution in [2.75, 3.05) is 0 Å². The predicted octanol–water partition coefficient (Wildman–Crippen LogP) is 11.7. The fourth-order valence-corrected chi connectivity index (χ4v) is 7.74. The van der Waals surface area contributed by atoms with E-state index in [9.17, 15) is 15.8 Å². The molecule has 9 rings (SSSR count). The quantitative estimate of drug-likeness (QED) is 0.179. The second-order valence-corrected chi connectivity index (χ2v) is 12.6. The summed E-state index contributed by atoms with van der Waals surface area (Å²) < 4.78 is 2.12. The summed E-state index contributed by atoms with van der Waals surface area (Å²) in [6.45, 7) is 0. The van der Waals surface area contributed by atoms with Gasteiger partial charge in [0.2, 0.25) is 0 Å². The highest BCUT2D eigenvalue weighted by atomic mass is 15.0. The first kappa shape index (κ1) is 29.7. The summed E-state index contributed by atoms with van der Waals surface area (Å²) >= 11 is 0. The Bertz CT molecular complexity index is 2940. The van der Waals surface area contributed by atoms with Crippen molar-refractivity contribution in [2.24, 2.45) is 0 Å². The Kier molecular flexibility index (Phi) is 6.93. The fraction of sp³-hybridized carbons (Fsp3) is 0. The zero-order valence-electron chi connectivity index (χ0n) is 27.3. The Labute approximate surface area is 294 Å². The van der Waals surface area contributed by atoms with Crippen LogP contribution in [0.2, 0.25) is 0 Å². The van der Waals surface area contributed by atoms with E-state index in [1.807, 2.05) is 78.9 Å². The number of aromatic nitrogens is 1. The second-order valence-electron chi connectivity index (χ2n) is 12.6. The average molecular weight is 647 g/mol. The Balaban J connectivity index is 1.37. The van der Waals surface area contributed by atoms with Crippen molar-refractivity contribution in [1.82, 2.24) is 4.57 Å². The minimum absolute atomic E-state index is 0.506. The first-order valence-electron chi connectivity index (χ1n) is 16.7. The van der Waals surface area contributed by atoms with Crippen LogP contribution in [-0.4, -0.2) is 4.57 Å². The molecule has 0 aliphatic rings. The van der Waals surface area contributed by atoms with Crippen molar-refractivity contribution in [2.45, 2.75) is 0 Å². The fourth-order valence-electron chi connectivity index (χ4n) is 7.74. The maximum absolute atomic E-state index is 10.5. The van der Waals surface area contributed by atoms with Gasteiger partial charge in [0, 0.05) is 16.3 Å². The van der Waals surface area contributed by atoms with E-state index in [2.05, 4.69) is 102 Å². The van der Waals surface area contributed by atoms with E-state index in [1.165, 1.54) is 5.56 Å². The lowest BCUT2D eigenvalue weighted by atomic mass is 9.85. The highest BCUT2D eigenvalue weighted by Gasteiger charge is 2.22. The zero-order chi connectivity index (χ0) is 34.5. The highest BCUT2D eigenvalue weighted by Crippen LogP contribution is 2.45. The van der Waals surface area contributed by atoms with Crippen LogP contribution in [-0.2, 0) is 0 Å². The lowest BCUT2D eigenvalue weighted by Gasteiger charge is -2.19. The van der Waals surface area contributed by atoms with Gasteiger partial charge in [-0.1, -0.05) is 109 Å². The number of nitriles is 3. The number of benzene rings is 8. The summed E-state index contributed by atoms with van der Waals surface area (Å²) in [5.74, 6) is 0. The van der Waals surface area contributed by atoms with E-state index < -0.39 is 0 Å². The molecule has 0 bridgehead atoms. The van der Waals surface area contributed by atoms with E-state index in [0.29, 0.717) is 16.7 Å². The smallest absolute Gasteiger partial charge is 0.101 e. The molecule has 0 unspecified atom stereocenters. The Morgan fingerprint density at radius 1 is 0.373 bits per heavy atom. The maximum Gasteiger partial charge on any atom is 0.101 e. The molecule has 0 aliphatic heterocycles. The van der Waals surface area contributed by atoms with Crippen molar-refractivity contribution in [3.8, 4) is 57.3 Å². The van der Waals surface area contributed by atoms with Gasteiger partial charge in [-0.15, -0.1) is 0 Å². The molecule has 0 fully saturated rings. The molecule has 1 aromatic heterocycles. The first-order valence-corrected chi connectivity index (χ1v) is 16.7. The lowest BCUT2D eigenvalue weighted by Crippen LogP contribution is -2.01. The molecule has 0 saturated heterocycles. The van der Waals surface area contributed by atoms with E-state index in [0.717, 1.165) is 76.9 Å². The van der Waals surface area contributed by atoms with Crippen LogP contribution in [0.3, 0.4) is 0 Å². The van der Waals surface area contributed by atoms with Crippen LogP contribution in [0.15, 0.2) is 158 Å². The molecular formula is C47H26N4. The van der Waals surface area contributed by atoms with Crippen LogP contribution >= 0.6 is 0 Å². The summed E-state index contributed by atoms with van der Waals surface area (Å²) in [5, 5.41) is 37.1. The number of rotatable bonds is 4. The molecule has 0 spiro atoms. The van der Waals surface area contributed by atoms with Gasteiger partial charge in [0.25, 0.3) is 0 Å². The summed E-state index contributed by atoms with van der Waals surface area (Å²) in [7, 11) is 0. The topological polar surface area (TPSA) is 76.3 Å². The summed E-state index contributed by atoms with van der Waals surface area (Å²) in [6.07, 6.45) is 0. The SMILES string of the molecule is N#Cc1cc(-c2cccc(C#N)c2-n2c3ccccc3c3cc(C#N)ccc32)cc(-c2c3ccccc3c(-c3ccccc3)c3ccccc23)c1. The Morgan fingerprint density at radius 2 is 0.941 bits per heavy atom. The van der Waals surface area contributed by atoms with Crippen LogP contribution in [0, 0.1) is 34.0 Å². The third kappa shape index (κ3) is 4.66. The molecule has 1 heterocycles. The number of fused-ring (bicyclic) bond motifs is 5. The molecule has 0 atom stereocenters. The normalized spacial score (nSPS) is 11.1. The van der Waals surface area contributed by atoms with Crippen molar-refractivity contribution < 1.29 is 0 Å². The zero-order valence-corrected chi connectivity index (χ0v) is 27.3. The maximum atomic E-state index is 10.5. The third-order valence-corrected chi connectivity index (χ3v) is 9.84. The molecule has 9 aromatic rings. The van der Waals surface area contributed by atoms with Crippen LogP contribution in [0.25, 0.3) is 82.4 Å². The molecule has 4 heteroatoms. The van der Waals surface area contributed by atoms with Gasteiger partial charge in [-0.25, -0.2) is 0 Å². The van der Waals surface area contributed by atoms with Gasteiger partial charge in [-0.05, 0) is 97.9 Å². The first-order chi connectivity index (χ1) is 25.2. The number of nitrogens with zero attached hydrogens (tertiary/aromatic N) is 4. The molecule has 4 nitrogen and oxygen atoms in total. The van der Waals surface area contributed by atoms with E-state index in [1.54, 1.807) is 0 Å². The van der Waals surface area contributed by atoms with E-state index in [-0.39, 0.29) is 0 Å². The van der Waals surface area contributed by atoms with E-state index in [4.69, 9.17) is 0 Å². The molecule has 0 N–H and O–H groups in total. The molecule has 0 aliphatic carbocycles. The van der Waals surface area contributed by atoms with Gasteiger partial charge in [0.1, 0.15) is 6.07 Å². The number of hydrogen-bond donors (Lipinski definition) is 0. The van der Waals surface area contributed by atoms with Crippen molar-refractivity contribution >= 4 is 43.4 Å². The van der Waals surface area contributed by atoms with Gasteiger partial charge in [-0.2, -0.15) is 15.8 Å². The molecular weight excluding hydrogens is 621 g/mol. The van der Waals surface area contributed by atoms with Crippen LogP contribution in [0.4, 0.5) is 0 Å². The van der Waals surface area contributed by atoms with Gasteiger partial charge in [0.15, 0.2) is 0 Å². The van der Waals surface area contributed by atoms with Gasteiger partial charge in [-0.3, -0.25) is 0 Å². The molecule has 234 valence electrons. The Hall–Kier alpha value is -7.45. The predicted molar refractivity (Wildman–Crippen MR) is 206 cm³/mol. The van der Waals surface area contributed by atoms with Gasteiger partial charge < -0.3 is 4.57 Å². The standard InChI is InChI=1S/C47H26N4/c48-27-30-21-22-44-42(25-30)37-14-8-9-20-43(37)51(44)47-33(29-50)13-10-19-36(47)34-23-31(28-49)24-35(26-34)46-40-17-6-4-15-38(40)45(32-11-2-1-3-12-32)39-16-5-7-18-41(39)46/h1-26H. The minimum Gasteiger partial charge on any atom is -0.307 e. The highest BCUT2D eigenvalue weighted by molar-refractivity contribution is 6.21. The summed E-state index contributed by atoms with van der Waals surface area (Å²) in [5.41, 5.74) is 10.1. The van der Waals surface area contributed by atoms with Gasteiger partial charge in [0.05, 0.1) is 45.5 Å². The molecule has 0 saturated carbocycles. The van der Waals surface area contributed by atoms with Crippen LogP contribution < -0.4 is 0 Å². The summed E-state index contributed by atoms with van der Waals surface area (Å²) in [6, 6.07) is 60.2. The Morgan fingerprint density at radius 3 is 1.59 bits per heavy atom. The number of para-hydroxylation sites is 2. The molecule has 0 radical (unpaired) electrons. The van der Waals surface area contributed by atoms with Crippen molar-refractivity contribution in [3.63, 3.8) is 0 Å². The minimum atomic E-state index is 0.506.